The third kappa shape index (κ3) is 6.79. The molecule has 2 amide bonds. The van der Waals surface area contributed by atoms with Crippen molar-refractivity contribution in [1.29, 1.82) is 0 Å². The van der Waals surface area contributed by atoms with Gasteiger partial charge < -0.3 is 15.0 Å². The van der Waals surface area contributed by atoms with Crippen molar-refractivity contribution in [3.63, 3.8) is 0 Å². The minimum atomic E-state index is -0.592. The molecule has 2 atom stereocenters. The average Bonchev–Trinajstić information content (AvgIpc) is 2.73. The first-order valence-corrected chi connectivity index (χ1v) is 10.2. The molecule has 0 fully saturated rings. The van der Waals surface area contributed by atoms with E-state index in [-0.39, 0.29) is 24.3 Å². The zero-order valence-electron chi connectivity index (χ0n) is 17.4. The summed E-state index contributed by atoms with van der Waals surface area (Å²) in [6, 6.07) is 14.1. The van der Waals surface area contributed by atoms with E-state index in [9.17, 15) is 9.59 Å². The number of carbonyl (C=O) groups is 2. The first-order chi connectivity index (χ1) is 13.8. The summed E-state index contributed by atoms with van der Waals surface area (Å²) in [5.41, 5.74) is 1.78. The van der Waals surface area contributed by atoms with Crippen molar-refractivity contribution in [3.8, 4) is 5.75 Å². The van der Waals surface area contributed by atoms with Crippen molar-refractivity contribution in [1.82, 2.24) is 10.2 Å². The maximum absolute atomic E-state index is 13.1. The second-order valence-electron chi connectivity index (χ2n) is 7.17. The van der Waals surface area contributed by atoms with E-state index in [4.69, 9.17) is 16.3 Å². The summed E-state index contributed by atoms with van der Waals surface area (Å²) in [6.07, 6.45) is 1.04. The number of hydrogen-bond donors (Lipinski definition) is 1. The molecule has 0 aliphatic carbocycles. The zero-order valence-corrected chi connectivity index (χ0v) is 18.2. The quantitative estimate of drug-likeness (QED) is 0.665. The number of nitrogens with zero attached hydrogens (tertiary/aromatic N) is 1. The first kappa shape index (κ1) is 22.8. The number of carbonyl (C=O) groups excluding carboxylic acids is 2. The maximum Gasteiger partial charge on any atom is 0.242 e. The van der Waals surface area contributed by atoms with Gasteiger partial charge in [-0.3, -0.25) is 9.59 Å². The fraction of sp³-hybridized carbons (Fsp3) is 0.391. The monoisotopic (exact) mass is 416 g/mol. The lowest BCUT2D eigenvalue weighted by Gasteiger charge is -2.30. The van der Waals surface area contributed by atoms with Crippen molar-refractivity contribution >= 4 is 23.4 Å². The van der Waals surface area contributed by atoms with Crippen LogP contribution in [0.1, 0.15) is 38.3 Å². The van der Waals surface area contributed by atoms with Crippen molar-refractivity contribution in [2.75, 3.05) is 7.11 Å². The van der Waals surface area contributed by atoms with E-state index < -0.39 is 6.04 Å². The molecule has 29 heavy (non-hydrogen) atoms. The molecular formula is C23H29ClN2O3. The minimum Gasteiger partial charge on any atom is -0.497 e. The van der Waals surface area contributed by atoms with Gasteiger partial charge in [-0.1, -0.05) is 42.8 Å². The summed E-state index contributed by atoms with van der Waals surface area (Å²) in [5.74, 6) is 0.467. The van der Waals surface area contributed by atoms with Gasteiger partial charge in [0, 0.05) is 17.6 Å². The minimum absolute atomic E-state index is 0.0547. The molecular weight excluding hydrogens is 388 g/mol. The Hall–Kier alpha value is -2.53. The van der Waals surface area contributed by atoms with E-state index in [2.05, 4.69) is 5.32 Å². The van der Waals surface area contributed by atoms with Gasteiger partial charge in [0.1, 0.15) is 11.8 Å². The lowest BCUT2D eigenvalue weighted by Crippen LogP contribution is -2.49. The van der Waals surface area contributed by atoms with E-state index >= 15 is 0 Å². The third-order valence-corrected chi connectivity index (χ3v) is 5.20. The van der Waals surface area contributed by atoms with Gasteiger partial charge in [0.15, 0.2) is 0 Å². The van der Waals surface area contributed by atoms with Gasteiger partial charge in [0.25, 0.3) is 0 Å². The Kier molecular flexibility index (Phi) is 8.52. The summed E-state index contributed by atoms with van der Waals surface area (Å²) in [5, 5.41) is 3.60. The van der Waals surface area contributed by atoms with Gasteiger partial charge in [-0.15, -0.1) is 0 Å². The Morgan fingerprint density at radius 1 is 1.03 bits per heavy atom. The van der Waals surface area contributed by atoms with E-state index in [1.54, 1.807) is 31.1 Å². The van der Waals surface area contributed by atoms with Crippen LogP contribution in [0.4, 0.5) is 0 Å². The molecule has 0 radical (unpaired) electrons. The number of nitrogens with one attached hydrogen (secondary N) is 1. The van der Waals surface area contributed by atoms with Crippen molar-refractivity contribution in [2.24, 2.45) is 0 Å². The zero-order chi connectivity index (χ0) is 21.4. The Morgan fingerprint density at radius 2 is 1.62 bits per heavy atom. The van der Waals surface area contributed by atoms with Crippen molar-refractivity contribution in [2.45, 2.75) is 52.2 Å². The average molecular weight is 417 g/mol. The van der Waals surface area contributed by atoms with Gasteiger partial charge in [0.2, 0.25) is 11.8 Å². The Bertz CT molecular complexity index is 806. The Balaban J connectivity index is 2.20. The highest BCUT2D eigenvalue weighted by Crippen LogP contribution is 2.17. The van der Waals surface area contributed by atoms with Crippen LogP contribution in [0.2, 0.25) is 5.02 Å². The SMILES string of the molecule is CC[C@H](C)NC(=O)[C@H](C)N(Cc1ccc(Cl)cc1)C(=O)Cc1ccc(OC)cc1. The second kappa shape index (κ2) is 10.9. The van der Waals surface area contributed by atoms with Gasteiger partial charge in [-0.25, -0.2) is 0 Å². The summed E-state index contributed by atoms with van der Waals surface area (Å²) < 4.78 is 5.17. The van der Waals surface area contributed by atoms with Gasteiger partial charge in [-0.2, -0.15) is 0 Å². The number of ether oxygens (including phenoxy) is 1. The number of amides is 2. The first-order valence-electron chi connectivity index (χ1n) is 9.81. The molecule has 2 aromatic carbocycles. The standard InChI is InChI=1S/C23H29ClN2O3/c1-5-16(2)25-23(28)17(3)26(15-19-6-10-20(24)11-7-19)22(27)14-18-8-12-21(29-4)13-9-18/h6-13,16-17H,5,14-15H2,1-4H3,(H,25,28)/t16-,17-/m0/s1. The number of benzene rings is 2. The molecule has 0 saturated carbocycles. The maximum atomic E-state index is 13.1. The molecule has 0 saturated heterocycles. The summed E-state index contributed by atoms with van der Waals surface area (Å²) in [6.45, 7) is 6.06. The molecule has 0 aliphatic rings. The van der Waals surface area contributed by atoms with E-state index in [0.29, 0.717) is 11.6 Å². The fourth-order valence-electron chi connectivity index (χ4n) is 2.85. The van der Waals surface area contributed by atoms with E-state index in [1.165, 1.54) is 0 Å². The molecule has 0 aromatic heterocycles. The Labute approximate surface area is 178 Å². The summed E-state index contributed by atoms with van der Waals surface area (Å²) in [7, 11) is 1.60. The van der Waals surface area contributed by atoms with Crippen molar-refractivity contribution in [3.05, 3.63) is 64.7 Å². The predicted octanol–water partition coefficient (Wildman–Crippen LogP) is 4.22. The van der Waals surface area contributed by atoms with Crippen LogP contribution in [0.5, 0.6) is 5.75 Å². The predicted molar refractivity (Wildman–Crippen MR) is 116 cm³/mol. The summed E-state index contributed by atoms with van der Waals surface area (Å²) in [4.78, 5) is 27.4. The number of methoxy groups -OCH3 is 1. The molecule has 0 heterocycles. The van der Waals surface area contributed by atoms with E-state index in [0.717, 1.165) is 23.3 Å². The molecule has 6 heteroatoms. The van der Waals surface area contributed by atoms with Gasteiger partial charge in [0.05, 0.1) is 13.5 Å². The summed E-state index contributed by atoms with van der Waals surface area (Å²) >= 11 is 5.97. The van der Waals surface area contributed by atoms with Gasteiger partial charge in [-0.05, 0) is 55.7 Å². The molecule has 2 aromatic rings. The molecule has 5 nitrogen and oxygen atoms in total. The molecule has 1 N–H and O–H groups in total. The number of hydrogen-bond acceptors (Lipinski definition) is 3. The largest absolute Gasteiger partial charge is 0.497 e. The number of halogens is 1. The van der Waals surface area contributed by atoms with Crippen LogP contribution in [0.15, 0.2) is 48.5 Å². The number of rotatable bonds is 9. The highest BCUT2D eigenvalue weighted by Gasteiger charge is 2.26. The molecule has 0 spiro atoms. The third-order valence-electron chi connectivity index (χ3n) is 4.95. The highest BCUT2D eigenvalue weighted by atomic mass is 35.5. The van der Waals surface area contributed by atoms with Gasteiger partial charge >= 0.3 is 0 Å². The molecule has 0 aliphatic heterocycles. The normalized spacial score (nSPS) is 12.7. The van der Waals surface area contributed by atoms with Crippen LogP contribution in [0.25, 0.3) is 0 Å². The van der Waals surface area contributed by atoms with Crippen LogP contribution in [0, 0.1) is 0 Å². The van der Waals surface area contributed by atoms with Crippen molar-refractivity contribution < 1.29 is 14.3 Å². The molecule has 156 valence electrons. The highest BCUT2D eigenvalue weighted by molar-refractivity contribution is 6.30. The molecule has 2 rings (SSSR count). The fourth-order valence-corrected chi connectivity index (χ4v) is 2.98. The van der Waals surface area contributed by atoms with Crippen LogP contribution in [-0.2, 0) is 22.6 Å². The lowest BCUT2D eigenvalue weighted by atomic mass is 10.1. The molecule has 0 unspecified atom stereocenters. The van der Waals surface area contributed by atoms with Crippen LogP contribution in [0.3, 0.4) is 0 Å². The topological polar surface area (TPSA) is 58.6 Å². The van der Waals surface area contributed by atoms with E-state index in [1.807, 2.05) is 50.2 Å². The lowest BCUT2D eigenvalue weighted by molar-refractivity contribution is -0.140. The smallest absolute Gasteiger partial charge is 0.242 e. The molecule has 0 bridgehead atoms. The van der Waals surface area contributed by atoms with Crippen LogP contribution >= 0.6 is 11.6 Å². The Morgan fingerprint density at radius 3 is 2.17 bits per heavy atom. The van der Waals surface area contributed by atoms with Crippen LogP contribution in [-0.4, -0.2) is 35.9 Å². The second-order valence-corrected chi connectivity index (χ2v) is 7.60. The van der Waals surface area contributed by atoms with Crippen LogP contribution < -0.4 is 10.1 Å².